The van der Waals surface area contributed by atoms with Crippen LogP contribution in [0.3, 0.4) is 0 Å². The van der Waals surface area contributed by atoms with E-state index in [1.54, 1.807) is 6.07 Å². The van der Waals surface area contributed by atoms with Gasteiger partial charge in [0, 0.05) is 18.0 Å². The van der Waals surface area contributed by atoms with Gasteiger partial charge in [0.2, 0.25) is 0 Å². The van der Waals surface area contributed by atoms with Gasteiger partial charge in [-0.1, -0.05) is 32.4 Å². The third-order valence-electron chi connectivity index (χ3n) is 3.19. The fraction of sp³-hybridized carbons (Fsp3) is 0.400. The van der Waals surface area contributed by atoms with E-state index < -0.39 is 0 Å². The van der Waals surface area contributed by atoms with Gasteiger partial charge in [0.05, 0.1) is 5.02 Å². The highest BCUT2D eigenvalue weighted by Gasteiger charge is 2.19. The van der Waals surface area contributed by atoms with Crippen molar-refractivity contribution in [2.24, 2.45) is 0 Å². The summed E-state index contributed by atoms with van der Waals surface area (Å²) in [5.74, 6) is 1.41. The Morgan fingerprint density at radius 2 is 2.10 bits per heavy atom. The molecule has 0 saturated carbocycles. The summed E-state index contributed by atoms with van der Waals surface area (Å²) in [6.07, 6.45) is 0.969. The van der Waals surface area contributed by atoms with Crippen LogP contribution in [-0.4, -0.2) is 9.55 Å². The second kappa shape index (κ2) is 5.83. The molecule has 0 aliphatic rings. The van der Waals surface area contributed by atoms with Crippen LogP contribution in [0.4, 0.5) is 10.2 Å². The summed E-state index contributed by atoms with van der Waals surface area (Å²) >= 11 is 6.11. The zero-order valence-electron chi connectivity index (χ0n) is 12.0. The average Bonchev–Trinajstić information content (AvgIpc) is 2.68. The number of anilines is 1. The number of hydrogen-bond acceptors (Lipinski definition) is 2. The molecule has 0 bridgehead atoms. The van der Waals surface area contributed by atoms with Crippen LogP contribution in [0, 0.1) is 5.82 Å². The molecule has 0 amide bonds. The van der Waals surface area contributed by atoms with Crippen LogP contribution in [0.1, 0.15) is 38.9 Å². The maximum Gasteiger partial charge on any atom is 0.131 e. The van der Waals surface area contributed by atoms with Gasteiger partial charge in [-0.15, -0.1) is 0 Å². The zero-order chi connectivity index (χ0) is 14.9. The van der Waals surface area contributed by atoms with Gasteiger partial charge in [-0.05, 0) is 24.6 Å². The molecule has 1 heterocycles. The molecular weight excluding hydrogens is 277 g/mol. The largest absolute Gasteiger partial charge is 0.383 e. The maximum absolute atomic E-state index is 13.2. The number of benzene rings is 1. The number of nitrogens with two attached hydrogens (primary N) is 1. The molecule has 3 nitrogen and oxygen atoms in total. The van der Waals surface area contributed by atoms with E-state index in [9.17, 15) is 4.39 Å². The van der Waals surface area contributed by atoms with Gasteiger partial charge in [-0.25, -0.2) is 9.37 Å². The van der Waals surface area contributed by atoms with Gasteiger partial charge in [-0.3, -0.25) is 0 Å². The fourth-order valence-electron chi connectivity index (χ4n) is 2.26. The number of nitrogens with zero attached hydrogens (tertiary/aromatic N) is 2. The van der Waals surface area contributed by atoms with E-state index in [0.717, 1.165) is 18.8 Å². The Hall–Kier alpha value is -1.55. The summed E-state index contributed by atoms with van der Waals surface area (Å²) in [6.45, 7) is 7.05. The monoisotopic (exact) mass is 295 g/mol. The highest BCUT2D eigenvalue weighted by molar-refractivity contribution is 6.33. The maximum atomic E-state index is 13.2. The van der Waals surface area contributed by atoms with Crippen molar-refractivity contribution in [3.05, 3.63) is 34.9 Å². The van der Waals surface area contributed by atoms with Crippen LogP contribution >= 0.6 is 11.6 Å². The number of aromatic nitrogens is 2. The molecule has 0 aliphatic heterocycles. The number of hydrogen-bond donors (Lipinski definition) is 1. The molecule has 0 atom stereocenters. The molecular formula is C15H19ClFN3. The average molecular weight is 296 g/mol. The quantitative estimate of drug-likeness (QED) is 0.905. The molecule has 2 N–H and O–H groups in total. The second-order valence-electron chi connectivity index (χ2n) is 5.13. The molecule has 5 heteroatoms. The van der Waals surface area contributed by atoms with Gasteiger partial charge >= 0.3 is 0 Å². The molecule has 20 heavy (non-hydrogen) atoms. The number of imidazole rings is 1. The Kier molecular flexibility index (Phi) is 4.33. The van der Waals surface area contributed by atoms with Crippen LogP contribution in [-0.2, 0) is 6.54 Å². The highest BCUT2D eigenvalue weighted by Crippen LogP contribution is 2.34. The lowest BCUT2D eigenvalue weighted by Gasteiger charge is -2.10. The van der Waals surface area contributed by atoms with Crippen molar-refractivity contribution in [1.29, 1.82) is 0 Å². The Morgan fingerprint density at radius 1 is 1.40 bits per heavy atom. The third-order valence-corrected chi connectivity index (χ3v) is 3.50. The van der Waals surface area contributed by atoms with Gasteiger partial charge in [0.15, 0.2) is 0 Å². The Balaban J connectivity index is 2.60. The lowest BCUT2D eigenvalue weighted by Crippen LogP contribution is -2.08. The first kappa shape index (κ1) is 14.9. The molecule has 0 aliphatic carbocycles. The van der Waals surface area contributed by atoms with E-state index in [1.807, 2.05) is 4.57 Å². The summed E-state index contributed by atoms with van der Waals surface area (Å²) in [6, 6.07) is 4.27. The first-order valence-corrected chi connectivity index (χ1v) is 7.14. The number of halogens is 2. The molecule has 0 fully saturated rings. The van der Waals surface area contributed by atoms with Crippen molar-refractivity contribution < 1.29 is 4.39 Å². The van der Waals surface area contributed by atoms with Gasteiger partial charge < -0.3 is 10.3 Å². The molecule has 108 valence electrons. The standard InChI is InChI=1S/C15H19ClFN3/c1-4-7-20-14(18)13(19-15(20)9(2)3)11-6-5-10(17)8-12(11)16/h5-6,8-9H,4,7,18H2,1-3H3. The molecule has 0 unspecified atom stereocenters. The molecule has 1 aromatic carbocycles. The highest BCUT2D eigenvalue weighted by atomic mass is 35.5. The first-order valence-electron chi connectivity index (χ1n) is 6.77. The summed E-state index contributed by atoms with van der Waals surface area (Å²) in [5, 5.41) is 0.327. The van der Waals surface area contributed by atoms with Crippen LogP contribution in [0.5, 0.6) is 0 Å². The van der Waals surface area contributed by atoms with E-state index in [1.165, 1.54) is 12.1 Å². The normalized spacial score (nSPS) is 11.3. The molecule has 0 spiro atoms. The van der Waals surface area contributed by atoms with Crippen LogP contribution in [0.2, 0.25) is 5.02 Å². The topological polar surface area (TPSA) is 43.8 Å². The molecule has 2 aromatic rings. The van der Waals surface area contributed by atoms with E-state index in [2.05, 4.69) is 25.8 Å². The summed E-state index contributed by atoms with van der Waals surface area (Å²) in [7, 11) is 0. The van der Waals surface area contributed by atoms with Crippen LogP contribution in [0.15, 0.2) is 18.2 Å². The van der Waals surface area contributed by atoms with Crippen LogP contribution in [0.25, 0.3) is 11.3 Å². The summed E-state index contributed by atoms with van der Waals surface area (Å²) in [4.78, 5) is 4.62. The lowest BCUT2D eigenvalue weighted by molar-refractivity contribution is 0.616. The van der Waals surface area contributed by atoms with Gasteiger partial charge in [-0.2, -0.15) is 0 Å². The predicted molar refractivity (Wildman–Crippen MR) is 81.4 cm³/mol. The lowest BCUT2D eigenvalue weighted by atomic mass is 10.1. The minimum absolute atomic E-state index is 0.261. The van der Waals surface area contributed by atoms with E-state index in [0.29, 0.717) is 22.1 Å². The fourth-order valence-corrected chi connectivity index (χ4v) is 2.52. The SMILES string of the molecule is CCCn1c(C(C)C)nc(-c2ccc(F)cc2Cl)c1N. The van der Waals surface area contributed by atoms with Crippen molar-refractivity contribution in [2.45, 2.75) is 39.7 Å². The molecule has 0 saturated heterocycles. The number of nitrogen functional groups attached to an aromatic ring is 1. The van der Waals surface area contributed by atoms with E-state index in [4.69, 9.17) is 17.3 Å². The van der Waals surface area contributed by atoms with Gasteiger partial charge in [0.1, 0.15) is 23.2 Å². The van der Waals surface area contributed by atoms with Crippen molar-refractivity contribution >= 4 is 17.4 Å². The smallest absolute Gasteiger partial charge is 0.131 e. The van der Waals surface area contributed by atoms with Crippen LogP contribution < -0.4 is 5.73 Å². The Morgan fingerprint density at radius 3 is 2.65 bits per heavy atom. The minimum Gasteiger partial charge on any atom is -0.383 e. The zero-order valence-corrected chi connectivity index (χ0v) is 12.7. The summed E-state index contributed by atoms with van der Waals surface area (Å²) < 4.78 is 15.2. The first-order chi connectivity index (χ1) is 9.45. The number of rotatable bonds is 4. The van der Waals surface area contributed by atoms with Crippen molar-refractivity contribution in [2.75, 3.05) is 5.73 Å². The molecule has 1 aromatic heterocycles. The Bertz CT molecular complexity index is 620. The van der Waals surface area contributed by atoms with Crippen molar-refractivity contribution in [1.82, 2.24) is 9.55 Å². The van der Waals surface area contributed by atoms with E-state index >= 15 is 0 Å². The molecule has 0 radical (unpaired) electrons. The van der Waals surface area contributed by atoms with Crippen molar-refractivity contribution in [3.8, 4) is 11.3 Å². The predicted octanol–water partition coefficient (Wildman–Crippen LogP) is 4.46. The van der Waals surface area contributed by atoms with E-state index in [-0.39, 0.29) is 11.7 Å². The summed E-state index contributed by atoms with van der Waals surface area (Å²) in [5.41, 5.74) is 7.52. The van der Waals surface area contributed by atoms with Crippen molar-refractivity contribution in [3.63, 3.8) is 0 Å². The minimum atomic E-state index is -0.366. The Labute approximate surface area is 123 Å². The second-order valence-corrected chi connectivity index (χ2v) is 5.54. The molecule has 2 rings (SSSR count). The third kappa shape index (κ3) is 2.66. The van der Waals surface area contributed by atoms with Gasteiger partial charge in [0.25, 0.3) is 0 Å².